The number of nitrogens with one attached hydrogen (secondary N) is 1. The topological polar surface area (TPSA) is 81.4 Å². The van der Waals surface area contributed by atoms with Crippen molar-refractivity contribution >= 4 is 36.0 Å². The number of benzene rings is 1. The van der Waals surface area contributed by atoms with Crippen LogP contribution in [0.3, 0.4) is 0 Å². The molecule has 140 valence electrons. The summed E-state index contributed by atoms with van der Waals surface area (Å²) in [6.45, 7) is 0. The third-order valence-corrected chi connectivity index (χ3v) is 5.36. The lowest BCUT2D eigenvalue weighted by Gasteiger charge is -2.21. The van der Waals surface area contributed by atoms with Crippen molar-refractivity contribution in [2.75, 3.05) is 13.4 Å². The number of rotatable bonds is 7. The number of methoxy groups -OCH3 is 1. The van der Waals surface area contributed by atoms with Crippen LogP contribution in [0.5, 0.6) is 0 Å². The van der Waals surface area contributed by atoms with Crippen molar-refractivity contribution in [3.8, 4) is 0 Å². The van der Waals surface area contributed by atoms with E-state index < -0.39 is 0 Å². The number of amides is 1. The van der Waals surface area contributed by atoms with E-state index in [1.807, 2.05) is 30.5 Å². The number of nitrogens with two attached hydrogens (primary N) is 1. The highest BCUT2D eigenvalue weighted by Crippen LogP contribution is 2.27. The van der Waals surface area contributed by atoms with Crippen LogP contribution in [0.25, 0.3) is 0 Å². The van der Waals surface area contributed by atoms with E-state index in [4.69, 9.17) is 10.5 Å². The molecule has 0 aromatic heterocycles. The van der Waals surface area contributed by atoms with E-state index in [9.17, 15) is 9.59 Å². The number of carbonyl (C=O) groups excluding carboxylic acids is 2. The van der Waals surface area contributed by atoms with Gasteiger partial charge in [-0.25, -0.2) is 0 Å². The van der Waals surface area contributed by atoms with Gasteiger partial charge in [0.15, 0.2) is 0 Å². The van der Waals surface area contributed by atoms with E-state index in [-0.39, 0.29) is 48.7 Å². The van der Waals surface area contributed by atoms with E-state index in [0.29, 0.717) is 6.42 Å². The number of ether oxygens (including phenoxy) is 1. The van der Waals surface area contributed by atoms with Gasteiger partial charge in [0.25, 0.3) is 0 Å². The maximum absolute atomic E-state index is 12.4. The van der Waals surface area contributed by atoms with Crippen molar-refractivity contribution in [3.05, 3.63) is 29.8 Å². The van der Waals surface area contributed by atoms with Crippen LogP contribution in [0.4, 0.5) is 0 Å². The standard InChI is InChI=1S/C18H26N2O3S.ClH/c1-23-18(22)11-16(12-6-8-14(24-2)9-7-12)20-17(21)10-13-4-3-5-15(13)19;/h6-9,13,15-16H,3-5,10-11,19H2,1-2H3,(H,20,21);1H/t13-,15+,16?;/m0./s1. The fourth-order valence-corrected chi connectivity index (χ4v) is 3.56. The lowest BCUT2D eigenvalue weighted by Crippen LogP contribution is -2.34. The number of halogens is 1. The Morgan fingerprint density at radius 2 is 2.00 bits per heavy atom. The largest absolute Gasteiger partial charge is 0.469 e. The lowest BCUT2D eigenvalue weighted by atomic mass is 9.98. The SMILES string of the molecule is COC(=O)CC(NC(=O)C[C@@H]1CCC[C@H]1N)c1ccc(SC)cc1.Cl. The minimum absolute atomic E-state index is 0. The summed E-state index contributed by atoms with van der Waals surface area (Å²) in [4.78, 5) is 25.2. The molecule has 1 aromatic rings. The Bertz CT molecular complexity index is 568. The van der Waals surface area contributed by atoms with Gasteiger partial charge in [0.05, 0.1) is 19.6 Å². The second-order valence-corrected chi connectivity index (χ2v) is 7.11. The fourth-order valence-electron chi connectivity index (χ4n) is 3.15. The monoisotopic (exact) mass is 386 g/mol. The molecule has 0 aliphatic heterocycles. The lowest BCUT2D eigenvalue weighted by molar-refractivity contribution is -0.141. The molecule has 0 spiro atoms. The molecule has 1 fully saturated rings. The van der Waals surface area contributed by atoms with Crippen molar-refractivity contribution in [1.82, 2.24) is 5.32 Å². The molecule has 3 N–H and O–H groups in total. The second-order valence-electron chi connectivity index (χ2n) is 6.23. The van der Waals surface area contributed by atoms with Gasteiger partial charge < -0.3 is 15.8 Å². The Morgan fingerprint density at radius 1 is 1.32 bits per heavy atom. The number of hydrogen-bond acceptors (Lipinski definition) is 5. The predicted octanol–water partition coefficient (Wildman–Crippen LogP) is 3.07. The molecule has 0 heterocycles. The third kappa shape index (κ3) is 6.53. The fraction of sp³-hybridized carbons (Fsp3) is 0.556. The van der Waals surface area contributed by atoms with Gasteiger partial charge in [0.1, 0.15) is 0 Å². The zero-order chi connectivity index (χ0) is 17.5. The number of thioether (sulfide) groups is 1. The highest BCUT2D eigenvalue weighted by atomic mass is 35.5. The van der Waals surface area contributed by atoms with Gasteiger partial charge in [-0.05, 0) is 42.7 Å². The molecule has 2 rings (SSSR count). The third-order valence-electron chi connectivity index (χ3n) is 4.62. The number of carbonyl (C=O) groups is 2. The first-order chi connectivity index (χ1) is 11.5. The normalized spacial score (nSPS) is 20.4. The Labute approximate surface area is 159 Å². The Hall–Kier alpha value is -1.24. The molecule has 5 nitrogen and oxygen atoms in total. The van der Waals surface area contributed by atoms with E-state index in [0.717, 1.165) is 29.7 Å². The highest BCUT2D eigenvalue weighted by Gasteiger charge is 2.27. The van der Waals surface area contributed by atoms with Gasteiger partial charge in [0.2, 0.25) is 5.91 Å². The zero-order valence-electron chi connectivity index (χ0n) is 14.7. The Morgan fingerprint density at radius 3 is 2.52 bits per heavy atom. The molecule has 1 aliphatic rings. The van der Waals surface area contributed by atoms with Crippen LogP contribution in [0.2, 0.25) is 0 Å². The average molecular weight is 387 g/mol. The van der Waals surface area contributed by atoms with Gasteiger partial charge in [-0.2, -0.15) is 0 Å². The molecule has 0 radical (unpaired) electrons. The molecule has 7 heteroatoms. The van der Waals surface area contributed by atoms with Crippen molar-refractivity contribution in [3.63, 3.8) is 0 Å². The molecule has 1 aliphatic carbocycles. The van der Waals surface area contributed by atoms with E-state index >= 15 is 0 Å². The van der Waals surface area contributed by atoms with Crippen molar-refractivity contribution < 1.29 is 14.3 Å². The number of hydrogen-bond donors (Lipinski definition) is 2. The van der Waals surface area contributed by atoms with Crippen LogP contribution in [-0.2, 0) is 14.3 Å². The average Bonchev–Trinajstić information content (AvgIpc) is 2.99. The highest BCUT2D eigenvalue weighted by molar-refractivity contribution is 7.98. The summed E-state index contributed by atoms with van der Waals surface area (Å²) in [5.41, 5.74) is 6.95. The summed E-state index contributed by atoms with van der Waals surface area (Å²) in [5, 5.41) is 2.98. The molecule has 0 bridgehead atoms. The summed E-state index contributed by atoms with van der Waals surface area (Å²) in [6.07, 6.45) is 5.62. The summed E-state index contributed by atoms with van der Waals surface area (Å²) in [7, 11) is 1.36. The van der Waals surface area contributed by atoms with Gasteiger partial charge in [0, 0.05) is 17.4 Å². The molecular weight excluding hydrogens is 360 g/mol. The molecule has 3 atom stereocenters. The molecule has 1 aromatic carbocycles. The Balaban J connectivity index is 0.00000312. The van der Waals surface area contributed by atoms with Gasteiger partial charge in [-0.15, -0.1) is 24.2 Å². The summed E-state index contributed by atoms with van der Waals surface area (Å²) in [5.74, 6) is -0.158. The first-order valence-electron chi connectivity index (χ1n) is 8.29. The molecule has 1 unspecified atom stereocenters. The van der Waals surface area contributed by atoms with E-state index in [2.05, 4.69) is 5.32 Å². The van der Waals surface area contributed by atoms with Gasteiger partial charge >= 0.3 is 5.97 Å². The summed E-state index contributed by atoms with van der Waals surface area (Å²) in [6, 6.07) is 7.60. The van der Waals surface area contributed by atoms with Crippen molar-refractivity contribution in [2.24, 2.45) is 11.7 Å². The van der Waals surface area contributed by atoms with Gasteiger partial charge in [-0.3, -0.25) is 9.59 Å². The van der Waals surface area contributed by atoms with Gasteiger partial charge in [-0.1, -0.05) is 18.6 Å². The van der Waals surface area contributed by atoms with Crippen LogP contribution in [-0.4, -0.2) is 31.3 Å². The van der Waals surface area contributed by atoms with Crippen LogP contribution >= 0.6 is 24.2 Å². The van der Waals surface area contributed by atoms with Crippen LogP contribution in [0.1, 0.15) is 43.7 Å². The summed E-state index contributed by atoms with van der Waals surface area (Å²) >= 11 is 1.65. The van der Waals surface area contributed by atoms with Crippen LogP contribution in [0.15, 0.2) is 29.2 Å². The minimum atomic E-state index is -0.376. The van der Waals surface area contributed by atoms with E-state index in [1.54, 1.807) is 11.8 Å². The summed E-state index contributed by atoms with van der Waals surface area (Å²) < 4.78 is 4.76. The predicted molar refractivity (Wildman–Crippen MR) is 103 cm³/mol. The van der Waals surface area contributed by atoms with Crippen molar-refractivity contribution in [1.29, 1.82) is 0 Å². The quantitative estimate of drug-likeness (QED) is 0.556. The van der Waals surface area contributed by atoms with E-state index in [1.165, 1.54) is 7.11 Å². The molecular formula is C18H27ClN2O3S. The molecule has 1 saturated carbocycles. The molecule has 25 heavy (non-hydrogen) atoms. The second kappa shape index (κ2) is 10.7. The minimum Gasteiger partial charge on any atom is -0.469 e. The smallest absolute Gasteiger partial charge is 0.307 e. The Kier molecular flexibility index (Phi) is 9.32. The zero-order valence-corrected chi connectivity index (χ0v) is 16.3. The van der Waals surface area contributed by atoms with Crippen molar-refractivity contribution in [2.45, 2.75) is 49.1 Å². The van der Waals surface area contributed by atoms with Crippen LogP contribution < -0.4 is 11.1 Å². The maximum Gasteiger partial charge on any atom is 0.307 e. The molecule has 1 amide bonds. The first kappa shape index (κ1) is 21.8. The number of esters is 1. The first-order valence-corrected chi connectivity index (χ1v) is 9.51. The van der Waals surface area contributed by atoms with Crippen LogP contribution in [0, 0.1) is 5.92 Å². The molecule has 0 saturated heterocycles. The maximum atomic E-state index is 12.4.